The number of carbonyl (C=O) groups is 4. The van der Waals surface area contributed by atoms with Gasteiger partial charge in [0.15, 0.2) is 5.96 Å². The highest BCUT2D eigenvalue weighted by Gasteiger charge is 2.32. The van der Waals surface area contributed by atoms with E-state index in [2.05, 4.69) is 26.3 Å². The number of hydrogen-bond donors (Lipinski definition) is 9. The largest absolute Gasteiger partial charge is 0.558 e. The molecule has 0 rings (SSSR count). The van der Waals surface area contributed by atoms with Gasteiger partial charge in [-0.2, -0.15) is 11.8 Å². The number of amides is 4. The summed E-state index contributed by atoms with van der Waals surface area (Å²) < 4.78 is 0. The number of carbonyl (C=O) groups excluding carboxylic acids is 4. The smallest absolute Gasteiger partial charge is 0.393 e. The second-order valence-electron chi connectivity index (χ2n) is 8.87. The molecule has 0 aromatic rings. The quantitative estimate of drug-likeness (QED) is 0.0417. The van der Waals surface area contributed by atoms with Gasteiger partial charge in [-0.15, -0.1) is 0 Å². The van der Waals surface area contributed by atoms with Crippen LogP contribution < -0.4 is 32.7 Å². The van der Waals surface area contributed by atoms with Crippen LogP contribution in [0.25, 0.3) is 0 Å². The van der Waals surface area contributed by atoms with Gasteiger partial charge in [0.05, 0.1) is 0 Å². The van der Waals surface area contributed by atoms with Gasteiger partial charge in [0.25, 0.3) is 0 Å². The lowest BCUT2D eigenvalue weighted by Gasteiger charge is -2.31. The van der Waals surface area contributed by atoms with Gasteiger partial charge < -0.3 is 47.8 Å². The zero-order valence-electron chi connectivity index (χ0n) is 21.5. The zero-order chi connectivity index (χ0) is 28.1. The van der Waals surface area contributed by atoms with E-state index in [1.165, 1.54) is 25.6 Å². The molecule has 0 aliphatic heterocycles. The summed E-state index contributed by atoms with van der Waals surface area (Å²) in [6.45, 7) is 2.34. The number of nitrogens with two attached hydrogens (primary N) is 2. The molecular formula is C20H41BN7O7S-. The first-order chi connectivity index (χ1) is 16.6. The SMILES string of the molecule is CSCC[C@H](NC(=O)[C@H](CCCN=C(N)N)NC(=O)[C@@H](NC(C)=O)C(C)C)C(=O)N[C@@H](C)[B-](O)(O)O. The van der Waals surface area contributed by atoms with Crippen LogP contribution in [-0.4, -0.2) is 94.0 Å². The average Bonchev–Trinajstić information content (AvgIpc) is 2.75. The van der Waals surface area contributed by atoms with Gasteiger partial charge in [-0.1, -0.05) is 20.8 Å². The van der Waals surface area contributed by atoms with E-state index in [9.17, 15) is 34.3 Å². The summed E-state index contributed by atoms with van der Waals surface area (Å²) in [4.78, 5) is 54.1. The first kappa shape index (κ1) is 33.4. The summed E-state index contributed by atoms with van der Waals surface area (Å²) >= 11 is 1.43. The van der Waals surface area contributed by atoms with Gasteiger partial charge in [0, 0.05) is 13.5 Å². The van der Waals surface area contributed by atoms with Crippen LogP contribution in [0.15, 0.2) is 4.99 Å². The molecule has 36 heavy (non-hydrogen) atoms. The van der Waals surface area contributed by atoms with Crippen molar-refractivity contribution in [3.63, 3.8) is 0 Å². The van der Waals surface area contributed by atoms with E-state index >= 15 is 0 Å². The first-order valence-corrected chi connectivity index (χ1v) is 13.0. The molecule has 11 N–H and O–H groups in total. The molecule has 0 saturated carbocycles. The molecule has 0 aliphatic carbocycles. The predicted octanol–water partition coefficient (Wildman–Crippen LogP) is -3.12. The molecule has 0 heterocycles. The molecule has 0 unspecified atom stereocenters. The molecule has 16 heteroatoms. The van der Waals surface area contributed by atoms with Crippen LogP contribution in [0.2, 0.25) is 0 Å². The fraction of sp³-hybridized carbons (Fsp3) is 0.750. The zero-order valence-corrected chi connectivity index (χ0v) is 22.3. The molecule has 14 nitrogen and oxygen atoms in total. The number of guanidine groups is 1. The third-order valence-electron chi connectivity index (χ3n) is 5.17. The van der Waals surface area contributed by atoms with Crippen LogP contribution in [0.3, 0.4) is 0 Å². The highest BCUT2D eigenvalue weighted by atomic mass is 32.2. The van der Waals surface area contributed by atoms with E-state index in [0.717, 1.165) is 0 Å². The summed E-state index contributed by atoms with van der Waals surface area (Å²) in [5.41, 5.74) is 10.7. The topological polar surface area (TPSA) is 241 Å². The molecular weight excluding hydrogens is 493 g/mol. The molecule has 0 bridgehead atoms. The lowest BCUT2D eigenvalue weighted by molar-refractivity contribution is -0.134. The Kier molecular flexibility index (Phi) is 15.1. The predicted molar refractivity (Wildman–Crippen MR) is 139 cm³/mol. The van der Waals surface area contributed by atoms with E-state index in [0.29, 0.717) is 12.2 Å². The summed E-state index contributed by atoms with van der Waals surface area (Å²) in [6, 6.07) is -3.06. The fourth-order valence-corrected chi connectivity index (χ4v) is 3.47. The van der Waals surface area contributed by atoms with Crippen LogP contribution in [-0.2, 0) is 19.2 Å². The van der Waals surface area contributed by atoms with Gasteiger partial charge >= 0.3 is 6.75 Å². The third kappa shape index (κ3) is 13.5. The standard InChI is InChI=1S/C20H41BN7O7S/c1-11(2)16(26-13(4)29)19(32)28-14(7-6-9-24-20(22)23)18(31)27-15(8-10-36-5)17(30)25-12(3)21(33,34)35/h11-12,14-16,33-35H,6-10H2,1-5H3,(H,25,30)(H,26,29)(H,27,31)(H,28,32)(H4,22,23,24)/q-1/t12-,14-,15-,16-/m0/s1. The maximum atomic E-state index is 13.2. The Morgan fingerprint density at radius 2 is 1.42 bits per heavy atom. The van der Waals surface area contributed by atoms with Crippen molar-refractivity contribution in [1.82, 2.24) is 21.3 Å². The number of rotatable bonds is 16. The van der Waals surface area contributed by atoms with Crippen molar-refractivity contribution in [2.45, 2.75) is 71.0 Å². The van der Waals surface area contributed by atoms with Crippen molar-refractivity contribution < 1.29 is 34.3 Å². The first-order valence-electron chi connectivity index (χ1n) is 11.6. The lowest BCUT2D eigenvalue weighted by atomic mass is 9.71. The number of thioether (sulfide) groups is 1. The summed E-state index contributed by atoms with van der Waals surface area (Å²) in [5, 5.41) is 38.1. The van der Waals surface area contributed by atoms with Crippen molar-refractivity contribution >= 4 is 48.1 Å². The molecule has 0 radical (unpaired) electrons. The maximum absolute atomic E-state index is 13.2. The Hall–Kier alpha value is -2.56. The Labute approximate surface area is 215 Å². The third-order valence-corrected chi connectivity index (χ3v) is 5.81. The normalized spacial score (nSPS) is 14.7. The van der Waals surface area contributed by atoms with Crippen molar-refractivity contribution in [3.05, 3.63) is 0 Å². The number of hydrogen-bond acceptors (Lipinski definition) is 9. The van der Waals surface area contributed by atoms with E-state index in [4.69, 9.17) is 11.5 Å². The lowest BCUT2D eigenvalue weighted by Crippen LogP contribution is -2.61. The molecule has 4 amide bonds. The summed E-state index contributed by atoms with van der Waals surface area (Å²) in [6.07, 6.45) is 2.46. The summed E-state index contributed by atoms with van der Waals surface area (Å²) in [7, 11) is 0. The molecule has 208 valence electrons. The van der Waals surface area contributed by atoms with Crippen LogP contribution in [0.1, 0.15) is 47.0 Å². The molecule has 0 spiro atoms. The summed E-state index contributed by atoms with van der Waals surface area (Å²) in [5.74, 6) is -3.67. The van der Waals surface area contributed by atoms with Gasteiger partial charge in [-0.3, -0.25) is 24.2 Å². The average molecular weight is 534 g/mol. The van der Waals surface area contributed by atoms with Crippen LogP contribution >= 0.6 is 11.8 Å². The van der Waals surface area contributed by atoms with E-state index in [1.54, 1.807) is 13.8 Å². The van der Waals surface area contributed by atoms with Gasteiger partial charge in [0.2, 0.25) is 23.6 Å². The molecule has 4 atom stereocenters. The van der Waals surface area contributed by atoms with Crippen LogP contribution in [0.5, 0.6) is 0 Å². The molecule has 0 saturated heterocycles. The Balaban J connectivity index is 5.69. The van der Waals surface area contributed by atoms with Gasteiger partial charge in [-0.05, 0) is 43.1 Å². The van der Waals surface area contributed by atoms with Crippen molar-refractivity contribution in [2.24, 2.45) is 22.4 Å². The van der Waals surface area contributed by atoms with E-state index in [-0.39, 0.29) is 31.3 Å². The molecule has 0 fully saturated rings. The van der Waals surface area contributed by atoms with Crippen molar-refractivity contribution in [3.8, 4) is 0 Å². The van der Waals surface area contributed by atoms with Gasteiger partial charge in [0.1, 0.15) is 18.1 Å². The fourth-order valence-electron chi connectivity index (χ4n) is 3.00. The monoisotopic (exact) mass is 534 g/mol. The Morgan fingerprint density at radius 1 is 0.889 bits per heavy atom. The number of aliphatic imine (C=N–C) groups is 1. The molecule has 0 aliphatic rings. The minimum absolute atomic E-state index is 0.122. The van der Waals surface area contributed by atoms with Crippen LogP contribution in [0.4, 0.5) is 0 Å². The Morgan fingerprint density at radius 3 is 1.89 bits per heavy atom. The maximum Gasteiger partial charge on any atom is 0.393 e. The number of nitrogens with zero attached hydrogens (tertiary/aromatic N) is 1. The second-order valence-corrected chi connectivity index (χ2v) is 9.85. The van der Waals surface area contributed by atoms with Crippen LogP contribution in [0, 0.1) is 5.92 Å². The van der Waals surface area contributed by atoms with E-state index < -0.39 is 54.4 Å². The highest BCUT2D eigenvalue weighted by Crippen LogP contribution is 2.08. The van der Waals surface area contributed by atoms with Crippen molar-refractivity contribution in [2.75, 3.05) is 18.6 Å². The molecule has 0 aromatic heterocycles. The highest BCUT2D eigenvalue weighted by molar-refractivity contribution is 7.98. The van der Waals surface area contributed by atoms with Gasteiger partial charge in [-0.25, -0.2) is 0 Å². The van der Waals surface area contributed by atoms with Crippen molar-refractivity contribution in [1.29, 1.82) is 0 Å². The minimum Gasteiger partial charge on any atom is -0.558 e. The number of nitrogens with one attached hydrogen (secondary N) is 4. The second kappa shape index (κ2) is 16.2. The minimum atomic E-state index is -3.82. The Bertz CT molecular complexity index is 776. The van der Waals surface area contributed by atoms with E-state index in [1.807, 2.05) is 6.26 Å². The molecule has 0 aromatic carbocycles.